The lowest BCUT2D eigenvalue weighted by Gasteiger charge is -2.35. The Balaban J connectivity index is 1.99. The van der Waals surface area contributed by atoms with Crippen molar-refractivity contribution in [3.05, 3.63) is 34.9 Å². The number of piperidine rings is 1. The number of carbonyl (C=O) groups is 1. The van der Waals surface area contributed by atoms with Gasteiger partial charge < -0.3 is 15.4 Å². The monoisotopic (exact) mass is 282 g/mol. The van der Waals surface area contributed by atoms with Crippen molar-refractivity contribution < 1.29 is 9.53 Å². The van der Waals surface area contributed by atoms with Gasteiger partial charge in [-0.1, -0.05) is 23.7 Å². The van der Waals surface area contributed by atoms with Gasteiger partial charge in [-0.3, -0.25) is 0 Å². The second-order valence-electron chi connectivity index (χ2n) is 5.07. The van der Waals surface area contributed by atoms with Crippen LogP contribution in [0.1, 0.15) is 12.0 Å². The Bertz CT molecular complexity index is 436. The Morgan fingerprint density at radius 2 is 2.11 bits per heavy atom. The summed E-state index contributed by atoms with van der Waals surface area (Å²) in [5.41, 5.74) is 7.23. The van der Waals surface area contributed by atoms with Crippen LogP contribution in [0, 0.1) is 5.92 Å². The summed E-state index contributed by atoms with van der Waals surface area (Å²) in [6.45, 7) is 1.27. The van der Waals surface area contributed by atoms with E-state index in [1.165, 1.54) is 12.7 Å². The minimum absolute atomic E-state index is 0.0187. The molecule has 1 amide bonds. The smallest absolute Gasteiger partial charge is 0.409 e. The Hall–Kier alpha value is -1.26. The molecule has 2 rings (SSSR count). The van der Waals surface area contributed by atoms with Crippen molar-refractivity contribution in [1.82, 2.24) is 4.90 Å². The summed E-state index contributed by atoms with van der Waals surface area (Å²) in [4.78, 5) is 13.3. The molecule has 0 bridgehead atoms. The Labute approximate surface area is 118 Å². The van der Waals surface area contributed by atoms with Crippen LogP contribution in [0.2, 0.25) is 5.02 Å². The van der Waals surface area contributed by atoms with Crippen LogP contribution in [0.5, 0.6) is 0 Å². The normalized spacial score (nSPS) is 23.2. The zero-order valence-electron chi connectivity index (χ0n) is 11.0. The maximum atomic E-state index is 11.6. The highest BCUT2D eigenvalue weighted by Crippen LogP contribution is 2.21. The molecule has 1 aliphatic rings. The first kappa shape index (κ1) is 14.2. The van der Waals surface area contributed by atoms with Crippen LogP contribution in [0.3, 0.4) is 0 Å². The molecule has 2 N–H and O–H groups in total. The van der Waals surface area contributed by atoms with E-state index in [4.69, 9.17) is 22.1 Å². The van der Waals surface area contributed by atoms with E-state index < -0.39 is 0 Å². The van der Waals surface area contributed by atoms with E-state index in [9.17, 15) is 4.79 Å². The SMILES string of the molecule is COC(=O)N1CC(N)CC(Cc2ccc(Cl)cc2)C1. The number of amides is 1. The third kappa shape index (κ3) is 3.85. The molecule has 0 aromatic heterocycles. The molecule has 104 valence electrons. The topological polar surface area (TPSA) is 55.6 Å². The van der Waals surface area contributed by atoms with Crippen LogP contribution in [-0.2, 0) is 11.2 Å². The van der Waals surface area contributed by atoms with E-state index in [2.05, 4.69) is 0 Å². The van der Waals surface area contributed by atoms with E-state index in [1.54, 1.807) is 4.90 Å². The molecule has 0 spiro atoms. The number of likely N-dealkylation sites (tertiary alicyclic amines) is 1. The standard InChI is InChI=1S/C14H19ClN2O2/c1-19-14(18)17-8-11(7-13(16)9-17)6-10-2-4-12(15)5-3-10/h2-5,11,13H,6-9,16H2,1H3. The molecular formula is C14H19ClN2O2. The predicted molar refractivity (Wildman–Crippen MR) is 75.2 cm³/mol. The summed E-state index contributed by atoms with van der Waals surface area (Å²) in [5, 5.41) is 0.736. The Morgan fingerprint density at radius 1 is 1.42 bits per heavy atom. The number of ether oxygens (including phenoxy) is 1. The van der Waals surface area contributed by atoms with Crippen LogP contribution in [0.15, 0.2) is 24.3 Å². The molecule has 2 unspecified atom stereocenters. The van der Waals surface area contributed by atoms with Gasteiger partial charge in [-0.2, -0.15) is 0 Å². The van der Waals surface area contributed by atoms with E-state index in [0.717, 1.165) is 17.9 Å². The minimum Gasteiger partial charge on any atom is -0.453 e. The zero-order valence-corrected chi connectivity index (χ0v) is 11.8. The van der Waals surface area contributed by atoms with Crippen molar-refractivity contribution in [3.63, 3.8) is 0 Å². The number of hydrogen-bond donors (Lipinski definition) is 1. The van der Waals surface area contributed by atoms with Crippen LogP contribution < -0.4 is 5.73 Å². The number of benzene rings is 1. The first-order valence-electron chi connectivity index (χ1n) is 6.41. The molecule has 0 aliphatic carbocycles. The lowest BCUT2D eigenvalue weighted by atomic mass is 9.89. The Morgan fingerprint density at radius 3 is 2.74 bits per heavy atom. The molecule has 5 heteroatoms. The van der Waals surface area contributed by atoms with Gasteiger partial charge in [-0.25, -0.2) is 4.79 Å². The van der Waals surface area contributed by atoms with Crippen molar-refractivity contribution in [2.75, 3.05) is 20.2 Å². The second kappa shape index (κ2) is 6.26. The fraction of sp³-hybridized carbons (Fsp3) is 0.500. The quantitative estimate of drug-likeness (QED) is 0.905. The van der Waals surface area contributed by atoms with Gasteiger partial charge in [0.15, 0.2) is 0 Å². The number of rotatable bonds is 2. The molecule has 1 aliphatic heterocycles. The molecule has 1 saturated heterocycles. The molecule has 19 heavy (non-hydrogen) atoms. The number of hydrogen-bond acceptors (Lipinski definition) is 3. The molecule has 1 aromatic rings. The number of halogens is 1. The van der Waals surface area contributed by atoms with Crippen molar-refractivity contribution in [2.24, 2.45) is 11.7 Å². The molecule has 1 fully saturated rings. The first-order valence-corrected chi connectivity index (χ1v) is 6.79. The van der Waals surface area contributed by atoms with Gasteiger partial charge in [0.2, 0.25) is 0 Å². The zero-order chi connectivity index (χ0) is 13.8. The maximum Gasteiger partial charge on any atom is 0.409 e. The average Bonchev–Trinajstić information content (AvgIpc) is 2.40. The molecule has 4 nitrogen and oxygen atoms in total. The van der Waals surface area contributed by atoms with E-state index in [1.807, 2.05) is 24.3 Å². The second-order valence-corrected chi connectivity index (χ2v) is 5.50. The van der Waals surface area contributed by atoms with Crippen molar-refractivity contribution in [2.45, 2.75) is 18.9 Å². The summed E-state index contributed by atoms with van der Waals surface area (Å²) in [6, 6.07) is 7.83. The summed E-state index contributed by atoms with van der Waals surface area (Å²) >= 11 is 5.87. The summed E-state index contributed by atoms with van der Waals surface area (Å²) < 4.78 is 4.77. The van der Waals surface area contributed by atoms with Gasteiger partial charge in [-0.05, 0) is 36.5 Å². The Kier molecular flexibility index (Phi) is 4.66. The van der Waals surface area contributed by atoms with Gasteiger partial charge >= 0.3 is 6.09 Å². The number of methoxy groups -OCH3 is 1. The molecule has 1 heterocycles. The van der Waals surface area contributed by atoms with Gasteiger partial charge in [0.05, 0.1) is 7.11 Å². The van der Waals surface area contributed by atoms with E-state index >= 15 is 0 Å². The summed E-state index contributed by atoms with van der Waals surface area (Å²) in [6.07, 6.45) is 1.53. The highest BCUT2D eigenvalue weighted by atomic mass is 35.5. The molecule has 0 radical (unpaired) electrons. The highest BCUT2D eigenvalue weighted by Gasteiger charge is 2.28. The number of nitrogens with two attached hydrogens (primary N) is 1. The maximum absolute atomic E-state index is 11.6. The largest absolute Gasteiger partial charge is 0.453 e. The fourth-order valence-corrected chi connectivity index (χ4v) is 2.75. The van der Waals surface area contributed by atoms with Gasteiger partial charge in [0.25, 0.3) is 0 Å². The van der Waals surface area contributed by atoms with Crippen molar-refractivity contribution >= 4 is 17.7 Å². The third-order valence-corrected chi connectivity index (χ3v) is 3.69. The molecule has 1 aromatic carbocycles. The van der Waals surface area contributed by atoms with Crippen LogP contribution in [0.25, 0.3) is 0 Å². The molecule has 0 saturated carbocycles. The van der Waals surface area contributed by atoms with E-state index in [-0.39, 0.29) is 12.1 Å². The van der Waals surface area contributed by atoms with E-state index in [0.29, 0.717) is 19.0 Å². The number of nitrogens with zero attached hydrogens (tertiary/aromatic N) is 1. The minimum atomic E-state index is -0.295. The summed E-state index contributed by atoms with van der Waals surface area (Å²) in [7, 11) is 1.40. The number of carbonyl (C=O) groups excluding carboxylic acids is 1. The lowest BCUT2D eigenvalue weighted by molar-refractivity contribution is 0.0962. The highest BCUT2D eigenvalue weighted by molar-refractivity contribution is 6.30. The van der Waals surface area contributed by atoms with Crippen LogP contribution in [0.4, 0.5) is 4.79 Å². The molecular weight excluding hydrogens is 264 g/mol. The summed E-state index contributed by atoms with van der Waals surface area (Å²) in [5.74, 6) is 0.365. The van der Waals surface area contributed by atoms with Gasteiger partial charge in [0.1, 0.15) is 0 Å². The van der Waals surface area contributed by atoms with Gasteiger partial charge in [-0.15, -0.1) is 0 Å². The van der Waals surface area contributed by atoms with Crippen molar-refractivity contribution in [3.8, 4) is 0 Å². The van der Waals surface area contributed by atoms with Crippen LogP contribution >= 0.6 is 11.6 Å². The predicted octanol–water partition coefficient (Wildman–Crippen LogP) is 2.30. The van der Waals surface area contributed by atoms with Crippen molar-refractivity contribution in [1.29, 1.82) is 0 Å². The fourth-order valence-electron chi connectivity index (χ4n) is 2.63. The van der Waals surface area contributed by atoms with Gasteiger partial charge in [0, 0.05) is 24.2 Å². The third-order valence-electron chi connectivity index (χ3n) is 3.44. The van der Waals surface area contributed by atoms with Crippen LogP contribution in [-0.4, -0.2) is 37.2 Å². The first-order chi connectivity index (χ1) is 9.08. The molecule has 2 atom stereocenters. The lowest BCUT2D eigenvalue weighted by Crippen LogP contribution is -2.49. The average molecular weight is 283 g/mol.